The lowest BCUT2D eigenvalue weighted by molar-refractivity contribution is -0.143. The van der Waals surface area contributed by atoms with Gasteiger partial charge in [-0.2, -0.15) is 0 Å². The fourth-order valence-electron chi connectivity index (χ4n) is 3.39. The molecule has 7 heteroatoms. The summed E-state index contributed by atoms with van der Waals surface area (Å²) in [6, 6.07) is 7.69. The molecule has 3 rings (SSSR count). The standard InChI is InChI=1S/C19H25ClN2O3S/c20-16-3-1-2-4-17(16)26-14-7-18(23)21-8-5-15(6-9-21)19(24)22-10-12-25-13-11-22/h1-4,15H,5-14H2. The quantitative estimate of drug-likeness (QED) is 0.718. The number of piperidine rings is 1. The van der Waals surface area contributed by atoms with E-state index in [4.69, 9.17) is 16.3 Å². The number of benzene rings is 1. The van der Waals surface area contributed by atoms with Crippen molar-refractivity contribution < 1.29 is 14.3 Å². The molecule has 0 aliphatic carbocycles. The number of nitrogens with zero attached hydrogens (tertiary/aromatic N) is 2. The average molecular weight is 397 g/mol. The Morgan fingerprint density at radius 3 is 2.46 bits per heavy atom. The van der Waals surface area contributed by atoms with Gasteiger partial charge in [-0.15, -0.1) is 11.8 Å². The number of hydrogen-bond acceptors (Lipinski definition) is 4. The molecule has 0 unspecified atom stereocenters. The molecule has 0 bridgehead atoms. The van der Waals surface area contributed by atoms with Crippen LogP contribution in [0, 0.1) is 5.92 Å². The molecule has 0 N–H and O–H groups in total. The Morgan fingerprint density at radius 1 is 1.08 bits per heavy atom. The van der Waals surface area contributed by atoms with E-state index in [1.165, 1.54) is 0 Å². The van der Waals surface area contributed by atoms with Gasteiger partial charge in [0.2, 0.25) is 11.8 Å². The van der Waals surface area contributed by atoms with Crippen LogP contribution in [0.3, 0.4) is 0 Å². The Morgan fingerprint density at radius 2 is 1.77 bits per heavy atom. The summed E-state index contributed by atoms with van der Waals surface area (Å²) in [5.41, 5.74) is 0. The van der Waals surface area contributed by atoms with Crippen molar-refractivity contribution in [3.63, 3.8) is 0 Å². The highest BCUT2D eigenvalue weighted by Crippen LogP contribution is 2.27. The third-order valence-corrected chi connectivity index (χ3v) is 6.45. The van der Waals surface area contributed by atoms with Gasteiger partial charge in [0.25, 0.3) is 0 Å². The maximum Gasteiger partial charge on any atom is 0.225 e. The summed E-state index contributed by atoms with van der Waals surface area (Å²) in [5, 5.41) is 0.729. The lowest BCUT2D eigenvalue weighted by atomic mass is 9.95. The zero-order valence-electron chi connectivity index (χ0n) is 14.9. The van der Waals surface area contributed by atoms with E-state index in [-0.39, 0.29) is 17.7 Å². The second-order valence-electron chi connectivity index (χ2n) is 6.62. The molecule has 2 saturated heterocycles. The number of carbonyl (C=O) groups is 2. The average Bonchev–Trinajstić information content (AvgIpc) is 2.69. The fraction of sp³-hybridized carbons (Fsp3) is 0.579. The molecule has 2 aliphatic rings. The molecule has 1 aromatic rings. The van der Waals surface area contributed by atoms with Crippen molar-refractivity contribution in [1.82, 2.24) is 9.80 Å². The van der Waals surface area contributed by atoms with Gasteiger partial charge in [-0.05, 0) is 25.0 Å². The van der Waals surface area contributed by atoms with Crippen LogP contribution >= 0.6 is 23.4 Å². The number of halogens is 1. The molecule has 2 heterocycles. The molecule has 0 spiro atoms. The summed E-state index contributed by atoms with van der Waals surface area (Å²) in [6.45, 7) is 4.00. The van der Waals surface area contributed by atoms with Crippen molar-refractivity contribution in [1.29, 1.82) is 0 Å². The predicted octanol–water partition coefficient (Wildman–Crippen LogP) is 2.92. The van der Waals surface area contributed by atoms with Crippen molar-refractivity contribution >= 4 is 35.2 Å². The van der Waals surface area contributed by atoms with Crippen LogP contribution in [-0.4, -0.2) is 66.8 Å². The van der Waals surface area contributed by atoms with E-state index in [1.807, 2.05) is 34.1 Å². The van der Waals surface area contributed by atoms with E-state index in [1.54, 1.807) is 11.8 Å². The Balaban J connectivity index is 1.39. The second kappa shape index (κ2) is 9.62. The Labute approximate surface area is 164 Å². The van der Waals surface area contributed by atoms with E-state index in [0.29, 0.717) is 45.8 Å². The van der Waals surface area contributed by atoms with Crippen LogP contribution in [0.1, 0.15) is 19.3 Å². The Hall–Kier alpha value is -1.24. The SMILES string of the molecule is O=C(CCSc1ccccc1Cl)N1CCC(C(=O)N2CCOCC2)CC1. The largest absolute Gasteiger partial charge is 0.378 e. The van der Waals surface area contributed by atoms with Crippen LogP contribution in [0.15, 0.2) is 29.2 Å². The monoisotopic (exact) mass is 396 g/mol. The van der Waals surface area contributed by atoms with Gasteiger partial charge in [0.15, 0.2) is 0 Å². The van der Waals surface area contributed by atoms with Crippen LogP contribution in [0.2, 0.25) is 5.02 Å². The third-order valence-electron chi connectivity index (χ3n) is 4.93. The molecule has 0 radical (unpaired) electrons. The van der Waals surface area contributed by atoms with Gasteiger partial charge in [-0.25, -0.2) is 0 Å². The number of likely N-dealkylation sites (tertiary alicyclic amines) is 1. The molecule has 2 fully saturated rings. The topological polar surface area (TPSA) is 49.9 Å². The maximum absolute atomic E-state index is 12.5. The van der Waals surface area contributed by atoms with Crippen molar-refractivity contribution in [3.05, 3.63) is 29.3 Å². The van der Waals surface area contributed by atoms with Gasteiger partial charge in [0.1, 0.15) is 0 Å². The first-order valence-electron chi connectivity index (χ1n) is 9.17. The van der Waals surface area contributed by atoms with Crippen LogP contribution < -0.4 is 0 Å². The molecule has 2 amide bonds. The first-order valence-corrected chi connectivity index (χ1v) is 10.5. The summed E-state index contributed by atoms with van der Waals surface area (Å²) in [6.07, 6.45) is 2.02. The van der Waals surface area contributed by atoms with E-state index >= 15 is 0 Å². The number of ether oxygens (including phenoxy) is 1. The second-order valence-corrected chi connectivity index (χ2v) is 8.17. The molecule has 5 nitrogen and oxygen atoms in total. The zero-order valence-corrected chi connectivity index (χ0v) is 16.4. The summed E-state index contributed by atoms with van der Waals surface area (Å²) in [7, 11) is 0. The number of hydrogen-bond donors (Lipinski definition) is 0. The molecule has 26 heavy (non-hydrogen) atoms. The van der Waals surface area contributed by atoms with Crippen LogP contribution in [0.4, 0.5) is 0 Å². The highest BCUT2D eigenvalue weighted by molar-refractivity contribution is 7.99. The molecule has 2 aliphatic heterocycles. The molecular formula is C19H25ClN2O3S. The number of carbonyl (C=O) groups excluding carboxylic acids is 2. The van der Waals surface area contributed by atoms with Crippen molar-refractivity contribution in [3.8, 4) is 0 Å². The molecule has 0 saturated carbocycles. The number of rotatable bonds is 5. The lowest BCUT2D eigenvalue weighted by Crippen LogP contribution is -2.47. The van der Waals surface area contributed by atoms with Gasteiger partial charge in [0, 0.05) is 49.2 Å². The minimum Gasteiger partial charge on any atom is -0.378 e. The van der Waals surface area contributed by atoms with Crippen LogP contribution in [-0.2, 0) is 14.3 Å². The van der Waals surface area contributed by atoms with Crippen molar-refractivity contribution in [2.75, 3.05) is 45.1 Å². The first kappa shape index (κ1) is 19.5. The Kier molecular flexibility index (Phi) is 7.23. The van der Waals surface area contributed by atoms with Crippen LogP contribution in [0.5, 0.6) is 0 Å². The third kappa shape index (κ3) is 5.15. The summed E-state index contributed by atoms with van der Waals surface area (Å²) < 4.78 is 5.31. The van der Waals surface area contributed by atoms with Gasteiger partial charge >= 0.3 is 0 Å². The highest BCUT2D eigenvalue weighted by Gasteiger charge is 2.30. The van der Waals surface area contributed by atoms with E-state index in [9.17, 15) is 9.59 Å². The molecule has 1 aromatic carbocycles. The molecular weight excluding hydrogens is 372 g/mol. The van der Waals surface area contributed by atoms with Crippen LogP contribution in [0.25, 0.3) is 0 Å². The summed E-state index contributed by atoms with van der Waals surface area (Å²) >= 11 is 7.75. The molecule has 0 aromatic heterocycles. The fourth-order valence-corrected chi connectivity index (χ4v) is 4.56. The first-order chi connectivity index (χ1) is 12.6. The minimum atomic E-state index is 0.0506. The number of morpholine rings is 1. The van der Waals surface area contributed by atoms with E-state index < -0.39 is 0 Å². The van der Waals surface area contributed by atoms with E-state index in [0.717, 1.165) is 28.5 Å². The normalized spacial score (nSPS) is 18.8. The summed E-state index contributed by atoms with van der Waals surface area (Å²) in [4.78, 5) is 29.8. The smallest absolute Gasteiger partial charge is 0.225 e. The number of amides is 2. The van der Waals surface area contributed by atoms with Gasteiger partial charge in [-0.3, -0.25) is 9.59 Å². The van der Waals surface area contributed by atoms with Crippen molar-refractivity contribution in [2.24, 2.45) is 5.92 Å². The Bertz CT molecular complexity index is 629. The van der Waals surface area contributed by atoms with Crippen molar-refractivity contribution in [2.45, 2.75) is 24.2 Å². The van der Waals surface area contributed by atoms with E-state index in [2.05, 4.69) is 0 Å². The predicted molar refractivity (Wildman–Crippen MR) is 103 cm³/mol. The lowest BCUT2D eigenvalue weighted by Gasteiger charge is -2.35. The maximum atomic E-state index is 12.5. The summed E-state index contributed by atoms with van der Waals surface area (Å²) in [5.74, 6) is 1.17. The van der Waals surface area contributed by atoms with Gasteiger partial charge < -0.3 is 14.5 Å². The van der Waals surface area contributed by atoms with Gasteiger partial charge in [-0.1, -0.05) is 23.7 Å². The highest BCUT2D eigenvalue weighted by atomic mass is 35.5. The zero-order chi connectivity index (χ0) is 18.4. The number of thioether (sulfide) groups is 1. The van der Waals surface area contributed by atoms with Gasteiger partial charge in [0.05, 0.1) is 18.2 Å². The molecule has 142 valence electrons. The molecule has 0 atom stereocenters. The minimum absolute atomic E-state index is 0.0506.